The fraction of sp³-hybridized carbons (Fsp3) is 0.350. The Morgan fingerprint density at radius 2 is 2.07 bits per heavy atom. The number of piperazine rings is 1. The molecule has 0 radical (unpaired) electrons. The number of aromatic nitrogens is 1. The van der Waals surface area contributed by atoms with Gasteiger partial charge in [-0.15, -0.1) is 0 Å². The summed E-state index contributed by atoms with van der Waals surface area (Å²) in [6, 6.07) is 10.6. The SMILES string of the molecule is O=C(NCCCC(=O)N1CCNCC1c1cccnc1)c1ccc(Cl)cc1. The van der Waals surface area contributed by atoms with E-state index in [1.807, 2.05) is 23.2 Å². The van der Waals surface area contributed by atoms with Gasteiger partial charge >= 0.3 is 0 Å². The summed E-state index contributed by atoms with van der Waals surface area (Å²) in [5.74, 6) is -0.0550. The van der Waals surface area contributed by atoms with Crippen LogP contribution in [-0.2, 0) is 4.79 Å². The summed E-state index contributed by atoms with van der Waals surface area (Å²) in [5, 5.41) is 6.77. The molecule has 2 aromatic rings. The van der Waals surface area contributed by atoms with Gasteiger partial charge in [0.05, 0.1) is 6.04 Å². The molecule has 1 aliphatic heterocycles. The summed E-state index contributed by atoms with van der Waals surface area (Å²) in [6.45, 7) is 2.65. The van der Waals surface area contributed by atoms with Gasteiger partial charge in [0.1, 0.15) is 0 Å². The molecule has 142 valence electrons. The van der Waals surface area contributed by atoms with Crippen molar-refractivity contribution in [1.82, 2.24) is 20.5 Å². The average molecular weight is 387 g/mol. The summed E-state index contributed by atoms with van der Waals surface area (Å²) < 4.78 is 0. The minimum Gasteiger partial charge on any atom is -0.352 e. The number of halogens is 1. The van der Waals surface area contributed by atoms with Gasteiger partial charge in [0.2, 0.25) is 5.91 Å². The summed E-state index contributed by atoms with van der Waals surface area (Å²) >= 11 is 5.83. The van der Waals surface area contributed by atoms with E-state index in [4.69, 9.17) is 11.6 Å². The lowest BCUT2D eigenvalue weighted by molar-refractivity contribution is -0.134. The lowest BCUT2D eigenvalue weighted by Gasteiger charge is -2.36. The number of benzene rings is 1. The molecular weight excluding hydrogens is 364 g/mol. The molecule has 1 aromatic carbocycles. The van der Waals surface area contributed by atoms with E-state index in [1.54, 1.807) is 30.5 Å². The van der Waals surface area contributed by atoms with Gasteiger partial charge < -0.3 is 15.5 Å². The Labute approximate surface area is 163 Å². The largest absolute Gasteiger partial charge is 0.352 e. The van der Waals surface area contributed by atoms with Crippen LogP contribution in [0.1, 0.15) is 34.8 Å². The first-order valence-electron chi connectivity index (χ1n) is 9.09. The van der Waals surface area contributed by atoms with Gasteiger partial charge in [-0.1, -0.05) is 17.7 Å². The Morgan fingerprint density at radius 3 is 2.81 bits per heavy atom. The molecule has 1 unspecified atom stereocenters. The Bertz CT molecular complexity index is 767. The van der Waals surface area contributed by atoms with E-state index in [-0.39, 0.29) is 17.9 Å². The maximum absolute atomic E-state index is 12.7. The molecular formula is C20H23ClN4O2. The molecule has 1 fully saturated rings. The minimum absolute atomic E-state index is 0.00334. The van der Waals surface area contributed by atoms with Crippen molar-refractivity contribution in [3.8, 4) is 0 Å². The van der Waals surface area contributed by atoms with Crippen LogP contribution in [0.15, 0.2) is 48.8 Å². The molecule has 3 rings (SSSR count). The number of pyridine rings is 1. The average Bonchev–Trinajstić information content (AvgIpc) is 2.72. The van der Waals surface area contributed by atoms with Crippen LogP contribution in [-0.4, -0.2) is 47.9 Å². The molecule has 2 heterocycles. The quantitative estimate of drug-likeness (QED) is 0.748. The molecule has 1 saturated heterocycles. The van der Waals surface area contributed by atoms with Crippen molar-refractivity contribution in [2.24, 2.45) is 0 Å². The highest BCUT2D eigenvalue weighted by Gasteiger charge is 2.27. The molecule has 1 atom stereocenters. The first kappa shape index (κ1) is 19.3. The summed E-state index contributed by atoms with van der Waals surface area (Å²) in [7, 11) is 0. The van der Waals surface area contributed by atoms with Crippen LogP contribution in [0.2, 0.25) is 5.02 Å². The van der Waals surface area contributed by atoms with Gasteiger partial charge in [-0.2, -0.15) is 0 Å². The molecule has 2 amide bonds. The molecule has 0 saturated carbocycles. The van der Waals surface area contributed by atoms with Crippen LogP contribution >= 0.6 is 11.6 Å². The highest BCUT2D eigenvalue weighted by molar-refractivity contribution is 6.30. The summed E-state index contributed by atoms with van der Waals surface area (Å²) in [6.07, 6.45) is 4.54. The third-order valence-corrected chi connectivity index (χ3v) is 4.84. The number of hydrogen-bond donors (Lipinski definition) is 2. The molecule has 0 aliphatic carbocycles. The maximum atomic E-state index is 12.7. The van der Waals surface area contributed by atoms with Crippen molar-refractivity contribution >= 4 is 23.4 Å². The van der Waals surface area contributed by atoms with Gasteiger partial charge in [-0.3, -0.25) is 14.6 Å². The topological polar surface area (TPSA) is 74.3 Å². The van der Waals surface area contributed by atoms with Crippen LogP contribution in [0.25, 0.3) is 0 Å². The van der Waals surface area contributed by atoms with Crippen molar-refractivity contribution in [3.05, 3.63) is 64.9 Å². The van der Waals surface area contributed by atoms with Gasteiger partial charge in [0.25, 0.3) is 5.91 Å². The zero-order valence-electron chi connectivity index (χ0n) is 15.0. The Morgan fingerprint density at radius 1 is 1.26 bits per heavy atom. The molecule has 2 N–H and O–H groups in total. The number of rotatable bonds is 6. The van der Waals surface area contributed by atoms with Crippen LogP contribution in [0.3, 0.4) is 0 Å². The van der Waals surface area contributed by atoms with E-state index in [0.717, 1.165) is 18.7 Å². The number of carbonyl (C=O) groups excluding carboxylic acids is 2. The van der Waals surface area contributed by atoms with Crippen LogP contribution in [0, 0.1) is 0 Å². The number of carbonyl (C=O) groups is 2. The Kier molecular flexibility index (Phi) is 6.79. The molecule has 1 aromatic heterocycles. The fourth-order valence-electron chi connectivity index (χ4n) is 3.16. The third kappa shape index (κ3) is 5.28. The first-order chi connectivity index (χ1) is 13.1. The summed E-state index contributed by atoms with van der Waals surface area (Å²) in [4.78, 5) is 30.8. The van der Waals surface area contributed by atoms with E-state index >= 15 is 0 Å². The molecule has 0 spiro atoms. The zero-order valence-corrected chi connectivity index (χ0v) is 15.8. The number of hydrogen-bond acceptors (Lipinski definition) is 4. The van der Waals surface area contributed by atoms with E-state index in [1.165, 1.54) is 0 Å². The van der Waals surface area contributed by atoms with Crippen LogP contribution in [0.4, 0.5) is 0 Å². The molecule has 1 aliphatic rings. The highest BCUT2D eigenvalue weighted by atomic mass is 35.5. The van der Waals surface area contributed by atoms with Gasteiger partial charge in [0.15, 0.2) is 0 Å². The second-order valence-electron chi connectivity index (χ2n) is 6.46. The predicted molar refractivity (Wildman–Crippen MR) is 105 cm³/mol. The van der Waals surface area contributed by atoms with Crippen LogP contribution in [0.5, 0.6) is 0 Å². The molecule has 27 heavy (non-hydrogen) atoms. The third-order valence-electron chi connectivity index (χ3n) is 4.59. The number of nitrogens with one attached hydrogen (secondary N) is 2. The van der Waals surface area contributed by atoms with Crippen molar-refractivity contribution in [3.63, 3.8) is 0 Å². The smallest absolute Gasteiger partial charge is 0.251 e. The molecule has 7 heteroatoms. The van der Waals surface area contributed by atoms with Crippen molar-refractivity contribution in [2.75, 3.05) is 26.2 Å². The Hall–Kier alpha value is -2.44. The first-order valence-corrected chi connectivity index (χ1v) is 9.47. The van der Waals surface area contributed by atoms with E-state index < -0.39 is 0 Å². The predicted octanol–water partition coefficient (Wildman–Crippen LogP) is 2.42. The monoisotopic (exact) mass is 386 g/mol. The highest BCUT2D eigenvalue weighted by Crippen LogP contribution is 2.22. The normalized spacial score (nSPS) is 16.8. The fourth-order valence-corrected chi connectivity index (χ4v) is 3.29. The standard InChI is InChI=1S/C20H23ClN4O2/c21-17-7-5-15(6-8-17)20(27)24-10-2-4-19(26)25-12-11-23-14-18(25)16-3-1-9-22-13-16/h1,3,5-9,13,18,23H,2,4,10-12,14H2,(H,24,27). The maximum Gasteiger partial charge on any atom is 0.251 e. The van der Waals surface area contributed by atoms with Crippen molar-refractivity contribution < 1.29 is 9.59 Å². The number of amides is 2. The van der Waals surface area contributed by atoms with Crippen molar-refractivity contribution in [1.29, 1.82) is 0 Å². The second kappa shape index (κ2) is 9.48. The molecule has 0 bridgehead atoms. The Balaban J connectivity index is 1.48. The molecule has 6 nitrogen and oxygen atoms in total. The number of nitrogens with zero attached hydrogens (tertiary/aromatic N) is 2. The summed E-state index contributed by atoms with van der Waals surface area (Å²) in [5.41, 5.74) is 1.60. The van der Waals surface area contributed by atoms with Gasteiger partial charge in [0, 0.05) is 55.6 Å². The minimum atomic E-state index is -0.158. The van der Waals surface area contributed by atoms with E-state index in [9.17, 15) is 9.59 Å². The van der Waals surface area contributed by atoms with Gasteiger partial charge in [-0.05, 0) is 42.3 Å². The van der Waals surface area contributed by atoms with Gasteiger partial charge in [-0.25, -0.2) is 0 Å². The van der Waals surface area contributed by atoms with E-state index in [2.05, 4.69) is 15.6 Å². The van der Waals surface area contributed by atoms with Crippen LogP contribution < -0.4 is 10.6 Å². The second-order valence-corrected chi connectivity index (χ2v) is 6.90. The lowest BCUT2D eigenvalue weighted by atomic mass is 10.0. The van der Waals surface area contributed by atoms with E-state index in [0.29, 0.717) is 36.5 Å². The zero-order chi connectivity index (χ0) is 19.1. The van der Waals surface area contributed by atoms with Crippen molar-refractivity contribution in [2.45, 2.75) is 18.9 Å². The lowest BCUT2D eigenvalue weighted by Crippen LogP contribution is -2.48.